The van der Waals surface area contributed by atoms with Crippen molar-refractivity contribution in [1.29, 1.82) is 0 Å². The molecule has 0 saturated carbocycles. The van der Waals surface area contributed by atoms with Gasteiger partial charge in [0.25, 0.3) is 0 Å². The molecule has 4 aromatic carbocycles. The molecule has 0 amide bonds. The van der Waals surface area contributed by atoms with E-state index in [1.807, 2.05) is 60.7 Å². The molecule has 35 heavy (non-hydrogen) atoms. The van der Waals surface area contributed by atoms with Gasteiger partial charge in [-0.3, -0.25) is 9.98 Å². The fourth-order valence-corrected chi connectivity index (χ4v) is 3.27. The van der Waals surface area contributed by atoms with Crippen LogP contribution in [0.4, 0.5) is 0 Å². The summed E-state index contributed by atoms with van der Waals surface area (Å²) >= 11 is 11.6. The van der Waals surface area contributed by atoms with Gasteiger partial charge < -0.3 is 10.2 Å². The van der Waals surface area contributed by atoms with Crippen molar-refractivity contribution in [2.45, 2.75) is 13.1 Å². The molecule has 180 valence electrons. The van der Waals surface area contributed by atoms with Crippen molar-refractivity contribution in [3.05, 3.63) is 129 Å². The van der Waals surface area contributed by atoms with Gasteiger partial charge >= 0.3 is 16.5 Å². The maximum absolute atomic E-state index is 11.5. The molecule has 0 aliphatic rings. The first kappa shape index (κ1) is 28.1. The van der Waals surface area contributed by atoms with Crippen molar-refractivity contribution in [1.82, 2.24) is 0 Å². The van der Waals surface area contributed by atoms with Gasteiger partial charge in [-0.25, -0.2) is 0 Å². The number of aliphatic imine (C=N–C) groups is 2. The molecule has 0 heterocycles. The minimum Gasteiger partial charge on any atom is -0.872 e. The summed E-state index contributed by atoms with van der Waals surface area (Å²) in [6.45, 7) is 1.12. The molecule has 0 spiro atoms. The van der Waals surface area contributed by atoms with E-state index in [4.69, 9.17) is 23.2 Å². The van der Waals surface area contributed by atoms with Crippen LogP contribution < -0.4 is 10.2 Å². The summed E-state index contributed by atoms with van der Waals surface area (Å²) in [4.78, 5) is 8.46. The summed E-state index contributed by atoms with van der Waals surface area (Å²) in [5.41, 5.74) is 3.26. The standard InChI is InChI=1S/2C14H12ClNO.Ni/c2*15-13-6-7-14(17)12(8-13)10-16-9-11-4-2-1-3-5-11;/h2*1-8,10,17H,9H2;/q;;+2/p-2. The Kier molecular flexibility index (Phi) is 12.1. The molecule has 0 radical (unpaired) electrons. The van der Waals surface area contributed by atoms with E-state index in [-0.39, 0.29) is 28.0 Å². The zero-order chi connectivity index (χ0) is 24.2. The molecule has 0 atom stereocenters. The van der Waals surface area contributed by atoms with E-state index in [1.165, 1.54) is 12.1 Å². The third-order valence-corrected chi connectivity index (χ3v) is 5.11. The molecule has 0 aliphatic carbocycles. The van der Waals surface area contributed by atoms with E-state index in [0.29, 0.717) is 34.3 Å². The van der Waals surface area contributed by atoms with Gasteiger partial charge in [-0.2, -0.15) is 0 Å². The van der Waals surface area contributed by atoms with E-state index in [9.17, 15) is 10.2 Å². The van der Waals surface area contributed by atoms with E-state index in [0.717, 1.165) is 11.1 Å². The number of benzene rings is 4. The number of halogens is 2. The topological polar surface area (TPSA) is 70.8 Å². The van der Waals surface area contributed by atoms with Crippen LogP contribution in [0.5, 0.6) is 11.5 Å². The fraction of sp³-hybridized carbons (Fsp3) is 0.0714. The second-order valence-corrected chi connectivity index (χ2v) is 8.15. The van der Waals surface area contributed by atoms with Crippen molar-refractivity contribution in [3.8, 4) is 11.5 Å². The van der Waals surface area contributed by atoms with Gasteiger partial charge in [0, 0.05) is 22.5 Å². The molecule has 4 aromatic rings. The van der Waals surface area contributed by atoms with Gasteiger partial charge in [0.15, 0.2) is 0 Å². The molecular formula is C28H22Cl2N2NiO2. The van der Waals surface area contributed by atoms with E-state index < -0.39 is 0 Å². The summed E-state index contributed by atoms with van der Waals surface area (Å²) in [7, 11) is 0. The van der Waals surface area contributed by atoms with Crippen LogP contribution in [0.2, 0.25) is 10.0 Å². The maximum atomic E-state index is 11.5. The minimum absolute atomic E-state index is 0. The number of hydrogen-bond donors (Lipinski definition) is 0. The third kappa shape index (κ3) is 9.96. The Morgan fingerprint density at radius 2 is 0.943 bits per heavy atom. The first-order valence-electron chi connectivity index (χ1n) is 10.5. The predicted octanol–water partition coefficient (Wildman–Crippen LogP) is 6.06. The smallest absolute Gasteiger partial charge is 0.872 e. The molecule has 0 fully saturated rings. The van der Waals surface area contributed by atoms with Gasteiger partial charge in [0.05, 0.1) is 13.1 Å². The Morgan fingerprint density at radius 1 is 0.571 bits per heavy atom. The zero-order valence-corrected chi connectivity index (χ0v) is 21.1. The predicted molar refractivity (Wildman–Crippen MR) is 137 cm³/mol. The van der Waals surface area contributed by atoms with Crippen LogP contribution in [0.25, 0.3) is 0 Å². The molecule has 4 nitrogen and oxygen atoms in total. The van der Waals surface area contributed by atoms with Crippen LogP contribution in [-0.4, -0.2) is 12.4 Å². The minimum atomic E-state index is -0.0637. The average molecular weight is 548 g/mol. The van der Waals surface area contributed by atoms with Crippen LogP contribution in [-0.2, 0) is 29.6 Å². The van der Waals surface area contributed by atoms with Crippen molar-refractivity contribution in [3.63, 3.8) is 0 Å². The summed E-state index contributed by atoms with van der Waals surface area (Å²) in [6, 6.07) is 29.0. The summed E-state index contributed by atoms with van der Waals surface area (Å²) in [5, 5.41) is 24.0. The van der Waals surface area contributed by atoms with Gasteiger partial charge in [-0.1, -0.05) is 107 Å². The van der Waals surface area contributed by atoms with E-state index in [1.54, 1.807) is 36.7 Å². The molecule has 7 heteroatoms. The summed E-state index contributed by atoms with van der Waals surface area (Å²) in [6.07, 6.45) is 3.14. The number of nitrogens with zero attached hydrogens (tertiary/aromatic N) is 2. The quantitative estimate of drug-likeness (QED) is 0.217. The molecule has 0 bridgehead atoms. The molecule has 0 aliphatic heterocycles. The van der Waals surface area contributed by atoms with Crippen molar-refractivity contribution in [2.75, 3.05) is 0 Å². The second-order valence-electron chi connectivity index (χ2n) is 7.28. The van der Waals surface area contributed by atoms with Crippen LogP contribution in [0.3, 0.4) is 0 Å². The van der Waals surface area contributed by atoms with Gasteiger partial charge in [0.1, 0.15) is 0 Å². The van der Waals surface area contributed by atoms with Crippen LogP contribution in [0.1, 0.15) is 22.3 Å². The average Bonchev–Trinajstić information content (AvgIpc) is 2.85. The largest absolute Gasteiger partial charge is 2.00 e. The Balaban J connectivity index is 0.000000240. The van der Waals surface area contributed by atoms with Gasteiger partial charge in [-0.05, 0) is 46.5 Å². The third-order valence-electron chi connectivity index (χ3n) is 4.64. The van der Waals surface area contributed by atoms with Gasteiger partial charge in [0.2, 0.25) is 0 Å². The Hall–Kier alpha value is -3.11. The van der Waals surface area contributed by atoms with E-state index in [2.05, 4.69) is 9.98 Å². The van der Waals surface area contributed by atoms with Crippen LogP contribution >= 0.6 is 23.2 Å². The maximum Gasteiger partial charge on any atom is 2.00 e. The Labute approximate surface area is 225 Å². The summed E-state index contributed by atoms with van der Waals surface area (Å²) in [5.74, 6) is -0.127. The van der Waals surface area contributed by atoms with Crippen LogP contribution in [0.15, 0.2) is 107 Å². The normalized spacial score (nSPS) is 10.6. The SMILES string of the molecule is [Ni+2].[O-]c1ccc(Cl)cc1C=NCc1ccccc1.[O-]c1ccc(Cl)cc1C=NCc1ccccc1. The monoisotopic (exact) mass is 546 g/mol. The van der Waals surface area contributed by atoms with Gasteiger partial charge in [-0.15, -0.1) is 0 Å². The number of hydrogen-bond acceptors (Lipinski definition) is 4. The van der Waals surface area contributed by atoms with Crippen molar-refractivity contribution >= 4 is 35.6 Å². The van der Waals surface area contributed by atoms with Crippen LogP contribution in [0, 0.1) is 0 Å². The zero-order valence-electron chi connectivity index (χ0n) is 18.6. The summed E-state index contributed by atoms with van der Waals surface area (Å²) < 4.78 is 0. The fourth-order valence-electron chi connectivity index (χ4n) is 2.91. The molecule has 0 saturated heterocycles. The Morgan fingerprint density at radius 3 is 1.31 bits per heavy atom. The first-order valence-corrected chi connectivity index (χ1v) is 11.3. The van der Waals surface area contributed by atoms with E-state index >= 15 is 0 Å². The van der Waals surface area contributed by atoms with Crippen molar-refractivity contribution in [2.24, 2.45) is 9.98 Å². The number of rotatable bonds is 6. The Bertz CT molecular complexity index is 1150. The molecule has 0 aromatic heterocycles. The molecule has 0 unspecified atom stereocenters. The first-order chi connectivity index (χ1) is 16.5. The molecule has 0 N–H and O–H groups in total. The second kappa shape index (κ2) is 15.0. The molecule has 4 rings (SSSR count). The molecular weight excluding hydrogens is 526 g/mol. The van der Waals surface area contributed by atoms with Crippen molar-refractivity contribution < 1.29 is 26.7 Å².